The molecule has 0 spiro atoms. The van der Waals surface area contributed by atoms with Gasteiger partial charge in [-0.2, -0.15) is 5.10 Å². The molecule has 23 heavy (non-hydrogen) atoms. The summed E-state index contributed by atoms with van der Waals surface area (Å²) in [6, 6.07) is 2.28. The second kappa shape index (κ2) is 6.09. The van der Waals surface area contributed by atoms with E-state index in [1.54, 1.807) is 16.0 Å². The quantitative estimate of drug-likeness (QED) is 0.869. The fourth-order valence-electron chi connectivity index (χ4n) is 3.69. The highest BCUT2D eigenvalue weighted by Gasteiger charge is 2.33. The van der Waals surface area contributed by atoms with Crippen LogP contribution >= 0.6 is 11.3 Å². The highest BCUT2D eigenvalue weighted by molar-refractivity contribution is 7.10. The van der Waals surface area contributed by atoms with Crippen LogP contribution in [0.3, 0.4) is 0 Å². The zero-order valence-electron chi connectivity index (χ0n) is 13.3. The van der Waals surface area contributed by atoms with E-state index in [1.165, 1.54) is 10.4 Å². The van der Waals surface area contributed by atoms with Crippen LogP contribution in [0.4, 0.5) is 0 Å². The Hall–Kier alpha value is -1.66. The van der Waals surface area contributed by atoms with E-state index in [0.717, 1.165) is 38.0 Å². The molecule has 0 unspecified atom stereocenters. The van der Waals surface area contributed by atoms with Crippen molar-refractivity contribution < 1.29 is 9.53 Å². The molecule has 4 heterocycles. The smallest absolute Gasteiger partial charge is 0.226 e. The molecular formula is C17H21N3O2S. The first-order valence-electron chi connectivity index (χ1n) is 8.18. The second-order valence-corrected chi connectivity index (χ2v) is 7.31. The van der Waals surface area contributed by atoms with Crippen molar-refractivity contribution in [1.82, 2.24) is 14.7 Å². The Bertz CT molecular complexity index is 708. The summed E-state index contributed by atoms with van der Waals surface area (Å²) < 4.78 is 7.68. The lowest BCUT2D eigenvalue weighted by Gasteiger charge is -2.28. The molecule has 0 bridgehead atoms. The summed E-state index contributed by atoms with van der Waals surface area (Å²) in [7, 11) is 1.92. The molecule has 2 aliphatic rings. The number of hydrogen-bond acceptors (Lipinski definition) is 4. The van der Waals surface area contributed by atoms with Gasteiger partial charge in [0.1, 0.15) is 0 Å². The number of aromatic nitrogens is 2. The maximum atomic E-state index is 12.9. The van der Waals surface area contributed by atoms with Crippen LogP contribution in [0.1, 0.15) is 47.4 Å². The molecule has 0 saturated carbocycles. The standard InChI is InChI=1S/C17H21N3O2S/c1-19-11-12(10-18-19)14-3-2-6-20(14)17(21)9-15-13-5-8-23-16(13)4-7-22-15/h5,8,10-11,14-15H,2-4,6-7,9H2,1H3/t14-,15+/m0/s1. The van der Waals surface area contributed by atoms with Crippen molar-refractivity contribution in [2.24, 2.45) is 7.05 Å². The number of hydrogen-bond donors (Lipinski definition) is 0. The van der Waals surface area contributed by atoms with Gasteiger partial charge >= 0.3 is 0 Å². The predicted octanol–water partition coefficient (Wildman–Crippen LogP) is 2.85. The number of aryl methyl sites for hydroxylation is 1. The molecule has 6 heteroatoms. The van der Waals surface area contributed by atoms with Crippen LogP contribution in [0.2, 0.25) is 0 Å². The van der Waals surface area contributed by atoms with E-state index < -0.39 is 0 Å². The van der Waals surface area contributed by atoms with Gasteiger partial charge in [0.15, 0.2) is 0 Å². The Morgan fingerprint density at radius 2 is 2.43 bits per heavy atom. The van der Waals surface area contributed by atoms with Gasteiger partial charge < -0.3 is 9.64 Å². The van der Waals surface area contributed by atoms with E-state index >= 15 is 0 Å². The summed E-state index contributed by atoms with van der Waals surface area (Å²) in [4.78, 5) is 16.2. The van der Waals surface area contributed by atoms with Crippen molar-refractivity contribution in [2.75, 3.05) is 13.2 Å². The number of carbonyl (C=O) groups excluding carboxylic acids is 1. The van der Waals surface area contributed by atoms with Gasteiger partial charge in [-0.05, 0) is 29.9 Å². The Balaban J connectivity index is 1.49. The fourth-order valence-corrected chi connectivity index (χ4v) is 4.61. The molecule has 2 aromatic heterocycles. The lowest BCUT2D eigenvalue weighted by Crippen LogP contribution is -2.32. The third-order valence-corrected chi connectivity index (χ3v) is 5.81. The number of ether oxygens (including phenoxy) is 1. The first-order valence-corrected chi connectivity index (χ1v) is 9.06. The average molecular weight is 331 g/mol. The van der Waals surface area contributed by atoms with Gasteiger partial charge in [-0.3, -0.25) is 9.48 Å². The highest BCUT2D eigenvalue weighted by atomic mass is 32.1. The molecule has 2 aliphatic heterocycles. The van der Waals surface area contributed by atoms with Gasteiger partial charge in [0.25, 0.3) is 0 Å². The monoisotopic (exact) mass is 331 g/mol. The lowest BCUT2D eigenvalue weighted by molar-refractivity contribution is -0.135. The molecule has 1 saturated heterocycles. The summed E-state index contributed by atoms with van der Waals surface area (Å²) in [5, 5.41) is 6.35. The van der Waals surface area contributed by atoms with Crippen LogP contribution in [0.15, 0.2) is 23.8 Å². The first kappa shape index (κ1) is 14.9. The minimum Gasteiger partial charge on any atom is -0.373 e. The molecule has 5 nitrogen and oxygen atoms in total. The Morgan fingerprint density at radius 3 is 3.26 bits per heavy atom. The summed E-state index contributed by atoms with van der Waals surface area (Å²) in [5.74, 6) is 0.195. The van der Waals surface area contributed by atoms with Gasteiger partial charge in [-0.1, -0.05) is 0 Å². The third-order valence-electron chi connectivity index (χ3n) is 4.82. The van der Waals surface area contributed by atoms with E-state index in [-0.39, 0.29) is 18.1 Å². The normalized spacial score (nSPS) is 24.0. The van der Waals surface area contributed by atoms with E-state index in [1.807, 2.05) is 24.3 Å². The number of thiophene rings is 1. The molecule has 1 amide bonds. The van der Waals surface area contributed by atoms with E-state index in [9.17, 15) is 4.79 Å². The van der Waals surface area contributed by atoms with Crippen molar-refractivity contribution in [3.63, 3.8) is 0 Å². The highest BCUT2D eigenvalue weighted by Crippen LogP contribution is 2.36. The Morgan fingerprint density at radius 1 is 1.52 bits per heavy atom. The number of rotatable bonds is 3. The maximum Gasteiger partial charge on any atom is 0.226 e. The molecule has 2 aromatic rings. The summed E-state index contributed by atoms with van der Waals surface area (Å²) in [6.07, 6.45) is 7.31. The molecule has 4 rings (SSSR count). The van der Waals surface area contributed by atoms with E-state index in [0.29, 0.717) is 6.42 Å². The van der Waals surface area contributed by atoms with Gasteiger partial charge in [0.2, 0.25) is 5.91 Å². The van der Waals surface area contributed by atoms with Crippen LogP contribution in [0, 0.1) is 0 Å². The second-order valence-electron chi connectivity index (χ2n) is 6.31. The summed E-state index contributed by atoms with van der Waals surface area (Å²) in [6.45, 7) is 1.55. The topological polar surface area (TPSA) is 47.4 Å². The summed E-state index contributed by atoms with van der Waals surface area (Å²) >= 11 is 1.77. The fraction of sp³-hybridized carbons (Fsp3) is 0.529. The number of fused-ring (bicyclic) bond motifs is 1. The first-order chi connectivity index (χ1) is 11.2. The number of likely N-dealkylation sites (tertiary alicyclic amines) is 1. The molecule has 1 fully saturated rings. The van der Waals surface area contributed by atoms with Crippen LogP contribution in [-0.2, 0) is 23.0 Å². The zero-order valence-corrected chi connectivity index (χ0v) is 14.1. The molecule has 0 radical (unpaired) electrons. The molecule has 0 aliphatic carbocycles. The molecule has 0 aromatic carbocycles. The molecule has 2 atom stereocenters. The largest absolute Gasteiger partial charge is 0.373 e. The third kappa shape index (κ3) is 2.81. The van der Waals surface area contributed by atoms with Crippen molar-refractivity contribution in [3.05, 3.63) is 39.8 Å². The van der Waals surface area contributed by atoms with Gasteiger partial charge in [-0.15, -0.1) is 11.3 Å². The number of carbonyl (C=O) groups is 1. The van der Waals surface area contributed by atoms with Crippen LogP contribution in [0.5, 0.6) is 0 Å². The predicted molar refractivity (Wildman–Crippen MR) is 88.2 cm³/mol. The SMILES string of the molecule is Cn1cc([C@@H]2CCCN2C(=O)C[C@H]2OCCc3sccc32)cn1. The maximum absolute atomic E-state index is 12.9. The van der Waals surface area contributed by atoms with Crippen LogP contribution < -0.4 is 0 Å². The van der Waals surface area contributed by atoms with Crippen molar-refractivity contribution >= 4 is 17.2 Å². The summed E-state index contributed by atoms with van der Waals surface area (Å²) in [5.41, 5.74) is 2.35. The van der Waals surface area contributed by atoms with Crippen molar-refractivity contribution in [3.8, 4) is 0 Å². The molecular weight excluding hydrogens is 310 g/mol. The Labute approximate surface area is 139 Å². The van der Waals surface area contributed by atoms with Gasteiger partial charge in [-0.25, -0.2) is 0 Å². The number of nitrogens with zero attached hydrogens (tertiary/aromatic N) is 3. The lowest BCUT2D eigenvalue weighted by atomic mass is 10.0. The van der Waals surface area contributed by atoms with E-state index in [2.05, 4.69) is 16.5 Å². The van der Waals surface area contributed by atoms with Gasteiger partial charge in [0.05, 0.1) is 31.4 Å². The zero-order chi connectivity index (χ0) is 15.8. The average Bonchev–Trinajstić information content (AvgIpc) is 3.26. The molecule has 122 valence electrons. The molecule has 0 N–H and O–H groups in total. The Kier molecular flexibility index (Phi) is 3.95. The van der Waals surface area contributed by atoms with Crippen LogP contribution in [0.25, 0.3) is 0 Å². The number of amides is 1. The van der Waals surface area contributed by atoms with Crippen LogP contribution in [-0.4, -0.2) is 33.7 Å². The van der Waals surface area contributed by atoms with Gasteiger partial charge in [0, 0.05) is 36.7 Å². The van der Waals surface area contributed by atoms with E-state index in [4.69, 9.17) is 4.74 Å². The van der Waals surface area contributed by atoms with Crippen molar-refractivity contribution in [1.29, 1.82) is 0 Å². The minimum atomic E-state index is -0.0763. The minimum absolute atomic E-state index is 0.0763. The van der Waals surface area contributed by atoms with Crippen molar-refractivity contribution in [2.45, 2.75) is 37.8 Å².